The van der Waals surface area contributed by atoms with E-state index < -0.39 is 16.0 Å². The number of fused-ring (bicyclic) bond motifs is 1. The summed E-state index contributed by atoms with van der Waals surface area (Å²) >= 11 is 17.0. The number of rotatable bonds is 9. The molecule has 2 aliphatic rings. The molecule has 0 aliphatic carbocycles. The normalized spacial score (nSPS) is 22.2. The maximum atomic E-state index is 11.9. The van der Waals surface area contributed by atoms with E-state index in [-0.39, 0.29) is 31.3 Å². The van der Waals surface area contributed by atoms with Gasteiger partial charge in [0, 0.05) is 37.7 Å². The van der Waals surface area contributed by atoms with E-state index in [1.807, 2.05) is 48.5 Å². The van der Waals surface area contributed by atoms with Crippen LogP contribution in [0.1, 0.15) is 52.7 Å². The molecule has 3 aromatic carbocycles. The first-order chi connectivity index (χ1) is 21.1. The maximum absolute atomic E-state index is 11.9. The first kappa shape index (κ1) is 32.8. The van der Waals surface area contributed by atoms with Gasteiger partial charge in [-0.1, -0.05) is 90.3 Å². The average molecular weight is 664 g/mol. The molecule has 1 saturated heterocycles. The van der Waals surface area contributed by atoms with Gasteiger partial charge in [0.15, 0.2) is 17.8 Å². The van der Waals surface area contributed by atoms with Gasteiger partial charge in [0.05, 0.1) is 33.0 Å². The molecule has 0 unspecified atom stereocenters. The first-order valence-corrected chi connectivity index (χ1v) is 15.6. The lowest BCUT2D eigenvalue weighted by molar-refractivity contribution is -0.276. The number of amides is 1. The third-order valence-corrected chi connectivity index (χ3v) is 8.84. The summed E-state index contributed by atoms with van der Waals surface area (Å²) in [6.07, 6.45) is -0.0543. The van der Waals surface area contributed by atoms with Crippen LogP contribution in [0, 0.1) is 5.92 Å². The van der Waals surface area contributed by atoms with Crippen molar-refractivity contribution in [2.75, 3.05) is 27.3 Å². The van der Waals surface area contributed by atoms with E-state index in [9.17, 15) is 9.90 Å². The minimum absolute atomic E-state index is 0.0166. The smallest absolute Gasteiger partial charge is 0.272 e. The zero-order chi connectivity index (χ0) is 31.4. The topological polar surface area (TPSA) is 89.5 Å². The monoisotopic (exact) mass is 662 g/mol. The van der Waals surface area contributed by atoms with Crippen LogP contribution in [-0.2, 0) is 40.4 Å². The molecule has 2 heterocycles. The zero-order valence-electron chi connectivity index (χ0n) is 24.9. The Hall–Kier alpha value is -2.56. The number of nitrogens with one attached hydrogen (secondary N) is 1. The van der Waals surface area contributed by atoms with Crippen molar-refractivity contribution in [3.05, 3.63) is 94.0 Å². The summed E-state index contributed by atoms with van der Waals surface area (Å²) < 4.78 is 22.3. The lowest BCUT2D eigenvalue weighted by atomic mass is 9.89. The molecule has 2 aliphatic heterocycles. The Morgan fingerprint density at radius 1 is 0.955 bits per heavy atom. The van der Waals surface area contributed by atoms with Gasteiger partial charge in [0.1, 0.15) is 0 Å². The number of aliphatic hydroxyl groups excluding tert-OH is 1. The summed E-state index contributed by atoms with van der Waals surface area (Å²) in [4.78, 5) is 14.4. The number of carbonyl (C=O) groups is 1. The molecule has 8 nitrogen and oxygen atoms in total. The highest BCUT2D eigenvalue weighted by molar-refractivity contribution is 6.76. The zero-order valence-corrected chi connectivity index (χ0v) is 27.2. The minimum atomic E-state index is -2.02. The van der Waals surface area contributed by atoms with Crippen molar-refractivity contribution in [1.29, 1.82) is 0 Å². The number of nitrogens with zero attached hydrogens (tertiary/aromatic N) is 1. The SMILES string of the molecule is COc1cc2c(cc1OC)CN(C[C@@H]1O[C@H](c3ccc(CNC(=O)C(Cl)(Cl)Cl)cc3)O[C@H](c3ccc(CO)cc3)[C@@H]1C)CC2. The second-order valence-corrected chi connectivity index (χ2v) is 13.5. The summed E-state index contributed by atoms with van der Waals surface area (Å²) in [5, 5.41) is 12.2. The van der Waals surface area contributed by atoms with E-state index in [4.69, 9.17) is 53.8 Å². The predicted molar refractivity (Wildman–Crippen MR) is 170 cm³/mol. The van der Waals surface area contributed by atoms with Crippen LogP contribution in [0.3, 0.4) is 0 Å². The lowest BCUT2D eigenvalue weighted by Crippen LogP contribution is -2.45. The Kier molecular flexibility index (Phi) is 10.6. The van der Waals surface area contributed by atoms with Crippen molar-refractivity contribution in [2.45, 2.75) is 55.3 Å². The Bertz CT molecular complexity index is 1430. The van der Waals surface area contributed by atoms with Crippen molar-refractivity contribution >= 4 is 40.7 Å². The molecule has 11 heteroatoms. The highest BCUT2D eigenvalue weighted by Gasteiger charge is 2.39. The molecule has 0 saturated carbocycles. The number of carbonyl (C=O) groups excluding carboxylic acids is 1. The molecule has 0 bridgehead atoms. The van der Waals surface area contributed by atoms with Gasteiger partial charge in [0.25, 0.3) is 9.70 Å². The molecule has 2 N–H and O–H groups in total. The number of hydrogen-bond acceptors (Lipinski definition) is 7. The first-order valence-electron chi connectivity index (χ1n) is 14.5. The molecule has 236 valence electrons. The van der Waals surface area contributed by atoms with Crippen molar-refractivity contribution in [1.82, 2.24) is 10.2 Å². The molecule has 0 aromatic heterocycles. The number of ether oxygens (including phenoxy) is 4. The Balaban J connectivity index is 1.35. The Labute approximate surface area is 273 Å². The molecule has 1 fully saturated rings. The van der Waals surface area contributed by atoms with E-state index >= 15 is 0 Å². The summed E-state index contributed by atoms with van der Waals surface area (Å²) in [5.74, 6) is 0.841. The van der Waals surface area contributed by atoms with E-state index in [2.05, 4.69) is 29.3 Å². The summed E-state index contributed by atoms with van der Waals surface area (Å²) in [5.41, 5.74) is 6.06. The third-order valence-electron chi connectivity index (χ3n) is 8.32. The lowest BCUT2D eigenvalue weighted by Gasteiger charge is -2.43. The predicted octanol–water partition coefficient (Wildman–Crippen LogP) is 6.03. The fourth-order valence-electron chi connectivity index (χ4n) is 5.76. The number of methoxy groups -OCH3 is 2. The standard InChI is InChI=1S/C33H37Cl3N2O6/c1-20-29(18-38-13-12-25-14-27(41-2)28(42-3)15-26(25)17-38)43-31(44-30(20)23-8-6-22(19-39)7-9-23)24-10-4-21(5-11-24)16-37-32(40)33(34,35)36/h4-11,14-15,20,29-31,39H,12-13,16-19H2,1-3H3,(H,37,40)/t20-,29+,30+,31+/m1/s1. The van der Waals surface area contributed by atoms with Crippen LogP contribution in [0.25, 0.3) is 0 Å². The van der Waals surface area contributed by atoms with Gasteiger partial charge >= 0.3 is 0 Å². The fourth-order valence-corrected chi connectivity index (χ4v) is 5.96. The van der Waals surface area contributed by atoms with E-state index in [0.29, 0.717) is 0 Å². The van der Waals surface area contributed by atoms with Gasteiger partial charge in [-0.3, -0.25) is 9.69 Å². The molecule has 4 atom stereocenters. The number of halogens is 3. The number of hydrogen-bond donors (Lipinski definition) is 2. The molecule has 3 aromatic rings. The Morgan fingerprint density at radius 2 is 1.57 bits per heavy atom. The molecule has 5 rings (SSSR count). The second kappa shape index (κ2) is 14.3. The van der Waals surface area contributed by atoms with E-state index in [1.54, 1.807) is 14.2 Å². The molecular weight excluding hydrogens is 627 g/mol. The van der Waals surface area contributed by atoms with Crippen molar-refractivity contribution < 1.29 is 28.8 Å². The molecule has 0 spiro atoms. The van der Waals surface area contributed by atoms with Crippen LogP contribution in [-0.4, -0.2) is 53.1 Å². The van der Waals surface area contributed by atoms with Crippen molar-refractivity contribution in [2.24, 2.45) is 5.92 Å². The molecule has 0 radical (unpaired) electrons. The summed E-state index contributed by atoms with van der Waals surface area (Å²) in [7, 11) is 3.31. The van der Waals surface area contributed by atoms with Crippen LogP contribution in [0.2, 0.25) is 0 Å². The van der Waals surface area contributed by atoms with Crippen LogP contribution < -0.4 is 14.8 Å². The number of alkyl halides is 3. The van der Waals surface area contributed by atoms with Crippen LogP contribution in [0.5, 0.6) is 11.5 Å². The molecular formula is C33H37Cl3N2O6. The third kappa shape index (κ3) is 7.62. The van der Waals surface area contributed by atoms with Crippen molar-refractivity contribution in [3.8, 4) is 11.5 Å². The van der Waals surface area contributed by atoms with E-state index in [0.717, 1.165) is 59.8 Å². The van der Waals surface area contributed by atoms with Gasteiger partial charge in [-0.15, -0.1) is 0 Å². The number of benzene rings is 3. The Morgan fingerprint density at radius 3 is 2.18 bits per heavy atom. The maximum Gasteiger partial charge on any atom is 0.272 e. The van der Waals surface area contributed by atoms with Crippen LogP contribution in [0.4, 0.5) is 0 Å². The average Bonchev–Trinajstić information content (AvgIpc) is 3.03. The quantitative estimate of drug-likeness (QED) is 0.270. The fraction of sp³-hybridized carbons (Fsp3) is 0.424. The molecule has 1 amide bonds. The van der Waals surface area contributed by atoms with Crippen LogP contribution in [0.15, 0.2) is 60.7 Å². The summed E-state index contributed by atoms with van der Waals surface area (Å²) in [6.45, 7) is 4.75. The highest BCUT2D eigenvalue weighted by Crippen LogP contribution is 2.42. The van der Waals surface area contributed by atoms with E-state index in [1.165, 1.54) is 11.1 Å². The van der Waals surface area contributed by atoms with Crippen molar-refractivity contribution in [3.63, 3.8) is 0 Å². The molecule has 44 heavy (non-hydrogen) atoms. The number of aliphatic hydroxyl groups is 1. The van der Waals surface area contributed by atoms with Gasteiger partial charge < -0.3 is 29.4 Å². The summed E-state index contributed by atoms with van der Waals surface area (Å²) in [6, 6.07) is 19.7. The van der Waals surface area contributed by atoms with Gasteiger partial charge in [0.2, 0.25) is 0 Å². The van der Waals surface area contributed by atoms with Crippen LogP contribution >= 0.6 is 34.8 Å². The second-order valence-electron chi connectivity index (χ2n) is 11.2. The van der Waals surface area contributed by atoms with Gasteiger partial charge in [-0.2, -0.15) is 0 Å². The van der Waals surface area contributed by atoms with Gasteiger partial charge in [-0.05, 0) is 46.4 Å². The highest BCUT2D eigenvalue weighted by atomic mass is 35.6. The van der Waals surface area contributed by atoms with Gasteiger partial charge in [-0.25, -0.2) is 0 Å². The largest absolute Gasteiger partial charge is 0.493 e. The minimum Gasteiger partial charge on any atom is -0.493 e.